The Morgan fingerprint density at radius 3 is 2.32 bits per heavy atom. The molecule has 0 fully saturated rings. The number of carboxylic acid groups (broad SMARTS) is 1. The Labute approximate surface area is 196 Å². The molecule has 0 amide bonds. The molecule has 0 spiro atoms. The number of rotatable bonds is 9. The maximum Gasteiger partial charge on any atom is 0.303 e. The van der Waals surface area contributed by atoms with E-state index in [4.69, 9.17) is 5.11 Å². The van der Waals surface area contributed by atoms with Crippen molar-refractivity contribution in [2.45, 2.75) is 32.2 Å². The van der Waals surface area contributed by atoms with E-state index in [9.17, 15) is 27.9 Å². The van der Waals surface area contributed by atoms with E-state index in [1.54, 1.807) is 24.3 Å². The number of fused-ring (bicyclic) bond motifs is 1. The molecule has 0 saturated heterocycles. The summed E-state index contributed by atoms with van der Waals surface area (Å²) >= 11 is 0. The molecule has 0 radical (unpaired) electrons. The van der Waals surface area contributed by atoms with Crippen LogP contribution in [0.3, 0.4) is 0 Å². The molecule has 1 heterocycles. The highest BCUT2D eigenvalue weighted by atomic mass is 32.2. The number of nitrogens with zero attached hydrogens (tertiary/aromatic N) is 3. The Hall–Kier alpha value is -3.48. The molecule has 0 aliphatic carbocycles. The number of nitrogens with one attached hydrogen (secondary N) is 1. The fraction of sp³-hybridized carbons (Fsp3) is 0.318. The van der Waals surface area contributed by atoms with Crippen molar-refractivity contribution in [1.29, 1.82) is 0 Å². The smallest absolute Gasteiger partial charge is 0.303 e. The molecule has 3 rings (SSSR count). The SMILES string of the molecule is CC1(C)C=C(CS(=O)(=O)[O-])c2cc(N=Nc3ccc([N+](=O)[O-])cc3)ccc2[NH+]1CCCC(=O)O. The largest absolute Gasteiger partial charge is 0.748 e. The van der Waals surface area contributed by atoms with Crippen LogP contribution < -0.4 is 4.90 Å². The van der Waals surface area contributed by atoms with E-state index in [1.807, 2.05) is 13.8 Å². The van der Waals surface area contributed by atoms with Crippen molar-refractivity contribution in [3.05, 3.63) is 64.2 Å². The van der Waals surface area contributed by atoms with Gasteiger partial charge in [-0.15, -0.1) is 0 Å². The van der Waals surface area contributed by atoms with Gasteiger partial charge in [-0.2, -0.15) is 10.2 Å². The van der Waals surface area contributed by atoms with Gasteiger partial charge in [-0.25, -0.2) is 8.42 Å². The molecule has 180 valence electrons. The molecule has 34 heavy (non-hydrogen) atoms. The van der Waals surface area contributed by atoms with Gasteiger partial charge >= 0.3 is 5.97 Å². The van der Waals surface area contributed by atoms with Gasteiger partial charge in [-0.3, -0.25) is 19.8 Å². The molecule has 0 aromatic heterocycles. The van der Waals surface area contributed by atoms with Crippen LogP contribution in [0.15, 0.2) is 58.8 Å². The summed E-state index contributed by atoms with van der Waals surface area (Å²) in [6.45, 7) is 4.28. The number of hydrogen-bond donors (Lipinski definition) is 2. The molecule has 1 aliphatic heterocycles. The quantitative estimate of drug-likeness (QED) is 0.237. The lowest BCUT2D eigenvalue weighted by molar-refractivity contribution is -0.878. The first-order valence-electron chi connectivity index (χ1n) is 10.4. The Bertz CT molecular complexity index is 1270. The molecule has 1 atom stereocenters. The van der Waals surface area contributed by atoms with Gasteiger partial charge in [0.1, 0.15) is 11.2 Å². The molecular weight excluding hydrogens is 464 g/mol. The van der Waals surface area contributed by atoms with Crippen LogP contribution in [0.4, 0.5) is 22.7 Å². The van der Waals surface area contributed by atoms with Gasteiger partial charge in [0.2, 0.25) is 0 Å². The van der Waals surface area contributed by atoms with Crippen molar-refractivity contribution < 1.29 is 32.7 Å². The molecular formula is C22H24N4O7S. The fourth-order valence-corrected chi connectivity index (χ4v) is 4.63. The number of carboxylic acids is 1. The van der Waals surface area contributed by atoms with Crippen molar-refractivity contribution in [3.8, 4) is 0 Å². The molecule has 1 aliphatic rings. The van der Waals surface area contributed by atoms with Crippen LogP contribution in [0.2, 0.25) is 0 Å². The van der Waals surface area contributed by atoms with Crippen LogP contribution in [0.25, 0.3) is 5.57 Å². The first-order chi connectivity index (χ1) is 15.9. The molecule has 2 aromatic carbocycles. The number of nitro groups is 1. The number of hydrogen-bond acceptors (Lipinski definition) is 8. The van der Waals surface area contributed by atoms with Crippen molar-refractivity contribution in [3.63, 3.8) is 0 Å². The Balaban J connectivity index is 1.97. The van der Waals surface area contributed by atoms with Crippen LogP contribution in [-0.4, -0.2) is 46.8 Å². The number of aliphatic carboxylic acids is 1. The second-order valence-corrected chi connectivity index (χ2v) is 9.93. The van der Waals surface area contributed by atoms with Gasteiger partial charge in [0, 0.05) is 30.2 Å². The Morgan fingerprint density at radius 1 is 1.12 bits per heavy atom. The topological polar surface area (TPSA) is 167 Å². The average Bonchev–Trinajstić information content (AvgIpc) is 2.73. The highest BCUT2D eigenvalue weighted by Gasteiger charge is 2.37. The maximum absolute atomic E-state index is 11.6. The van der Waals surface area contributed by atoms with Gasteiger partial charge in [0.25, 0.3) is 5.69 Å². The van der Waals surface area contributed by atoms with Crippen LogP contribution in [0, 0.1) is 10.1 Å². The van der Waals surface area contributed by atoms with E-state index >= 15 is 0 Å². The zero-order valence-corrected chi connectivity index (χ0v) is 19.4. The van der Waals surface area contributed by atoms with Gasteiger partial charge in [-0.1, -0.05) is 0 Å². The minimum atomic E-state index is -4.56. The number of benzene rings is 2. The third-order valence-electron chi connectivity index (χ3n) is 5.48. The van der Waals surface area contributed by atoms with Crippen LogP contribution in [-0.2, 0) is 14.9 Å². The second kappa shape index (κ2) is 9.79. The monoisotopic (exact) mass is 488 g/mol. The lowest BCUT2D eigenvalue weighted by atomic mass is 9.88. The van der Waals surface area contributed by atoms with E-state index in [0.29, 0.717) is 35.5 Å². The highest BCUT2D eigenvalue weighted by Crippen LogP contribution is 2.33. The summed E-state index contributed by atoms with van der Waals surface area (Å²) < 4.78 is 34.7. The zero-order chi connectivity index (χ0) is 25.1. The summed E-state index contributed by atoms with van der Waals surface area (Å²) in [7, 11) is -4.56. The van der Waals surface area contributed by atoms with E-state index < -0.39 is 32.3 Å². The van der Waals surface area contributed by atoms with Crippen molar-refractivity contribution >= 4 is 44.4 Å². The van der Waals surface area contributed by atoms with E-state index in [-0.39, 0.29) is 12.1 Å². The molecule has 0 bridgehead atoms. The third kappa shape index (κ3) is 6.31. The van der Waals surface area contributed by atoms with Crippen molar-refractivity contribution in [2.75, 3.05) is 12.3 Å². The number of non-ortho nitro benzene ring substituents is 1. The molecule has 2 N–H and O–H groups in total. The Morgan fingerprint density at radius 2 is 1.74 bits per heavy atom. The first kappa shape index (κ1) is 25.1. The van der Waals surface area contributed by atoms with Crippen LogP contribution in [0.5, 0.6) is 0 Å². The van der Waals surface area contributed by atoms with Gasteiger partial charge < -0.3 is 9.66 Å². The summed E-state index contributed by atoms with van der Waals surface area (Å²) in [4.78, 5) is 22.2. The summed E-state index contributed by atoms with van der Waals surface area (Å²) in [5.74, 6) is -1.58. The molecule has 0 saturated carbocycles. The average molecular weight is 489 g/mol. The van der Waals surface area contributed by atoms with Gasteiger partial charge in [-0.05, 0) is 49.8 Å². The summed E-state index contributed by atoms with van der Waals surface area (Å²) in [6.07, 6.45) is 2.15. The number of azo groups is 1. The number of nitro benzene ring substituents is 1. The zero-order valence-electron chi connectivity index (χ0n) is 18.6. The predicted octanol–water partition coefficient (Wildman–Crippen LogP) is 3.11. The lowest BCUT2D eigenvalue weighted by Crippen LogP contribution is -3.15. The molecule has 2 aromatic rings. The minimum Gasteiger partial charge on any atom is -0.748 e. The first-order valence-corrected chi connectivity index (χ1v) is 12.0. The van der Waals surface area contributed by atoms with Crippen molar-refractivity contribution in [1.82, 2.24) is 0 Å². The summed E-state index contributed by atoms with van der Waals surface area (Å²) in [6, 6.07) is 10.6. The van der Waals surface area contributed by atoms with Crippen molar-refractivity contribution in [2.24, 2.45) is 10.2 Å². The van der Waals surface area contributed by atoms with E-state index in [0.717, 1.165) is 10.6 Å². The second-order valence-electron chi connectivity index (χ2n) is 8.52. The molecule has 11 nitrogen and oxygen atoms in total. The maximum atomic E-state index is 11.6. The predicted molar refractivity (Wildman–Crippen MR) is 123 cm³/mol. The molecule has 1 unspecified atom stereocenters. The number of carbonyl (C=O) groups is 1. The van der Waals surface area contributed by atoms with Crippen LogP contribution >= 0.6 is 0 Å². The van der Waals surface area contributed by atoms with E-state index in [2.05, 4.69) is 10.2 Å². The van der Waals surface area contributed by atoms with Crippen LogP contribution in [0.1, 0.15) is 32.3 Å². The normalized spacial score (nSPS) is 17.3. The van der Waals surface area contributed by atoms with E-state index in [1.165, 1.54) is 24.3 Å². The number of quaternary nitrogens is 1. The fourth-order valence-electron chi connectivity index (χ4n) is 4.01. The summed E-state index contributed by atoms with van der Waals surface area (Å²) in [5, 5.41) is 28.0. The Kier molecular flexibility index (Phi) is 7.24. The third-order valence-corrected chi connectivity index (χ3v) is 6.14. The van der Waals surface area contributed by atoms with Gasteiger partial charge in [0.05, 0.1) is 45.1 Å². The highest BCUT2D eigenvalue weighted by molar-refractivity contribution is 7.86. The van der Waals surface area contributed by atoms with Gasteiger partial charge in [0.15, 0.2) is 0 Å². The molecule has 12 heteroatoms. The minimum absolute atomic E-state index is 0.00194. The summed E-state index contributed by atoms with van der Waals surface area (Å²) in [5.41, 5.74) is 1.77. The lowest BCUT2D eigenvalue weighted by Gasteiger charge is -2.38. The standard InChI is InChI=1S/C22H24N4O7S/c1-22(2)13-15(14-34(31,32)33)19-12-17(7-10-20(19)25(22)11-3-4-21(27)28)24-23-16-5-8-18(9-6-16)26(29)30/h5-10,12-13H,3-4,11,14H2,1-2H3,(H,27,28)(H,31,32,33).